The van der Waals surface area contributed by atoms with Crippen LogP contribution in [0.2, 0.25) is 0 Å². The molecule has 0 bridgehead atoms. The molecule has 0 aromatic carbocycles. The number of likely N-dealkylation sites (N-methyl/N-ethyl adjacent to an activating group) is 1. The monoisotopic (exact) mass is 395 g/mol. The summed E-state index contributed by atoms with van der Waals surface area (Å²) in [7, 11) is 4.12. The minimum absolute atomic E-state index is 0.243. The highest BCUT2D eigenvalue weighted by Gasteiger charge is 2.34. The second-order valence-electron chi connectivity index (χ2n) is 7.69. The van der Waals surface area contributed by atoms with Gasteiger partial charge < -0.3 is 24.8 Å². The van der Waals surface area contributed by atoms with E-state index in [9.17, 15) is 0 Å². The number of nitrogens with zero attached hydrogens (tertiary/aromatic N) is 6. The third kappa shape index (κ3) is 3.98. The van der Waals surface area contributed by atoms with E-state index in [1.165, 1.54) is 0 Å². The molecule has 0 spiro atoms. The van der Waals surface area contributed by atoms with Gasteiger partial charge in [-0.15, -0.1) is 0 Å². The second-order valence-corrected chi connectivity index (χ2v) is 7.69. The van der Waals surface area contributed by atoms with E-state index < -0.39 is 0 Å². The summed E-state index contributed by atoms with van der Waals surface area (Å²) >= 11 is 0. The number of nitrogens with one attached hydrogen (secondary N) is 1. The SMILES string of the molecule is C=C(/C=C/CN(C)C)N1CCN2c3nc4c(NCC)ncnc4cc3OCC2C1. The molecule has 8 nitrogen and oxygen atoms in total. The molecule has 0 amide bonds. The fourth-order valence-corrected chi connectivity index (χ4v) is 3.80. The molecular formula is C21H29N7O. The van der Waals surface area contributed by atoms with Crippen molar-refractivity contribution in [2.24, 2.45) is 0 Å². The van der Waals surface area contributed by atoms with Gasteiger partial charge in [-0.2, -0.15) is 0 Å². The molecule has 8 heteroatoms. The number of hydrogen-bond acceptors (Lipinski definition) is 8. The smallest absolute Gasteiger partial charge is 0.172 e. The van der Waals surface area contributed by atoms with Crippen LogP contribution in [0.1, 0.15) is 6.92 Å². The second kappa shape index (κ2) is 8.24. The Morgan fingerprint density at radius 2 is 2.24 bits per heavy atom. The summed E-state index contributed by atoms with van der Waals surface area (Å²) in [4.78, 5) is 20.4. The third-order valence-corrected chi connectivity index (χ3v) is 5.27. The maximum Gasteiger partial charge on any atom is 0.172 e. The Labute approximate surface area is 171 Å². The number of anilines is 2. The number of ether oxygens (including phenoxy) is 1. The van der Waals surface area contributed by atoms with Crippen molar-refractivity contribution in [3.8, 4) is 5.75 Å². The molecule has 2 aliphatic heterocycles. The minimum atomic E-state index is 0.243. The first-order valence-corrected chi connectivity index (χ1v) is 10.1. The molecule has 1 N–H and O–H groups in total. The van der Waals surface area contributed by atoms with Gasteiger partial charge in [0.05, 0.1) is 11.6 Å². The standard InChI is InChI=1S/C21H29N7O/c1-5-22-20-19-17(23-14-24-20)11-18-21(25-19)28-10-9-27(12-16(28)13-29-18)15(2)7-6-8-26(3)4/h6-7,11,14,16H,2,5,8-10,12-13H2,1,3-4H3,(H,22,23,24)/b7-6+. The van der Waals surface area contributed by atoms with E-state index in [2.05, 4.69) is 62.8 Å². The molecule has 1 unspecified atom stereocenters. The first-order chi connectivity index (χ1) is 14.1. The van der Waals surface area contributed by atoms with Crippen molar-refractivity contribution in [1.29, 1.82) is 0 Å². The van der Waals surface area contributed by atoms with Crippen molar-refractivity contribution < 1.29 is 4.74 Å². The van der Waals surface area contributed by atoms with Gasteiger partial charge in [0.2, 0.25) is 0 Å². The van der Waals surface area contributed by atoms with E-state index in [1.807, 2.05) is 13.0 Å². The summed E-state index contributed by atoms with van der Waals surface area (Å²) < 4.78 is 6.08. The van der Waals surface area contributed by atoms with Crippen molar-refractivity contribution in [2.45, 2.75) is 13.0 Å². The predicted molar refractivity (Wildman–Crippen MR) is 117 cm³/mol. The first-order valence-electron chi connectivity index (χ1n) is 10.1. The molecule has 0 aliphatic carbocycles. The molecule has 1 fully saturated rings. The fourth-order valence-electron chi connectivity index (χ4n) is 3.80. The van der Waals surface area contributed by atoms with E-state index >= 15 is 0 Å². The molecule has 2 aromatic heterocycles. The Morgan fingerprint density at radius 1 is 1.38 bits per heavy atom. The molecule has 1 saturated heterocycles. The Kier molecular flexibility index (Phi) is 5.53. The van der Waals surface area contributed by atoms with E-state index in [0.717, 1.165) is 66.8 Å². The van der Waals surface area contributed by atoms with Crippen LogP contribution in [0.4, 0.5) is 11.6 Å². The van der Waals surface area contributed by atoms with E-state index in [1.54, 1.807) is 6.33 Å². The van der Waals surface area contributed by atoms with Gasteiger partial charge in [0.1, 0.15) is 18.5 Å². The lowest BCUT2D eigenvalue weighted by atomic mass is 10.1. The van der Waals surface area contributed by atoms with Crippen molar-refractivity contribution in [1.82, 2.24) is 24.8 Å². The average molecular weight is 396 g/mol. The summed E-state index contributed by atoms with van der Waals surface area (Å²) in [6.45, 7) is 11.3. The molecule has 4 heterocycles. The van der Waals surface area contributed by atoms with Gasteiger partial charge in [-0.05, 0) is 27.1 Å². The molecule has 0 saturated carbocycles. The van der Waals surface area contributed by atoms with Gasteiger partial charge >= 0.3 is 0 Å². The number of rotatable bonds is 6. The number of pyridine rings is 1. The van der Waals surface area contributed by atoms with Crippen molar-refractivity contribution in [2.75, 3.05) is 63.6 Å². The lowest BCUT2D eigenvalue weighted by Crippen LogP contribution is -2.57. The molecule has 29 heavy (non-hydrogen) atoms. The molecule has 2 aromatic rings. The highest BCUT2D eigenvalue weighted by Crippen LogP contribution is 2.37. The van der Waals surface area contributed by atoms with Crippen molar-refractivity contribution >= 4 is 22.7 Å². The highest BCUT2D eigenvalue weighted by molar-refractivity contribution is 5.88. The minimum Gasteiger partial charge on any atom is -0.487 e. The Balaban J connectivity index is 1.55. The van der Waals surface area contributed by atoms with Crippen LogP contribution in [0.3, 0.4) is 0 Å². The van der Waals surface area contributed by atoms with Gasteiger partial charge in [-0.25, -0.2) is 15.0 Å². The highest BCUT2D eigenvalue weighted by atomic mass is 16.5. The van der Waals surface area contributed by atoms with Gasteiger partial charge in [0.25, 0.3) is 0 Å². The number of aromatic nitrogens is 3. The summed E-state index contributed by atoms with van der Waals surface area (Å²) in [6, 6.07) is 2.22. The quantitative estimate of drug-likeness (QED) is 0.745. The Morgan fingerprint density at radius 3 is 3.03 bits per heavy atom. The summed E-state index contributed by atoms with van der Waals surface area (Å²) in [5, 5.41) is 3.27. The largest absolute Gasteiger partial charge is 0.487 e. The molecule has 4 rings (SSSR count). The number of allylic oxidation sites excluding steroid dienone is 1. The topological polar surface area (TPSA) is 69.7 Å². The van der Waals surface area contributed by atoms with Crippen LogP contribution < -0.4 is 15.0 Å². The zero-order valence-corrected chi connectivity index (χ0v) is 17.4. The molecule has 1 atom stereocenters. The molecule has 0 radical (unpaired) electrons. The predicted octanol–water partition coefficient (Wildman–Crippen LogP) is 1.97. The van der Waals surface area contributed by atoms with Crippen LogP contribution in [0.15, 0.2) is 36.8 Å². The first kappa shape index (κ1) is 19.4. The van der Waals surface area contributed by atoms with Gasteiger partial charge in [-0.1, -0.05) is 12.7 Å². The number of piperazine rings is 1. The van der Waals surface area contributed by atoms with Crippen LogP contribution in [0.5, 0.6) is 5.75 Å². The maximum atomic E-state index is 6.08. The van der Waals surface area contributed by atoms with Crippen LogP contribution in [0, 0.1) is 0 Å². The van der Waals surface area contributed by atoms with E-state index in [0.29, 0.717) is 6.61 Å². The molecule has 2 aliphatic rings. The lowest BCUT2D eigenvalue weighted by molar-refractivity contribution is 0.194. The number of hydrogen-bond donors (Lipinski definition) is 1. The fraction of sp³-hybridized carbons (Fsp3) is 0.476. The number of fused-ring (bicyclic) bond motifs is 4. The van der Waals surface area contributed by atoms with Gasteiger partial charge in [0, 0.05) is 44.5 Å². The lowest BCUT2D eigenvalue weighted by Gasteiger charge is -2.45. The summed E-state index contributed by atoms with van der Waals surface area (Å²) in [6.07, 6.45) is 5.82. The summed E-state index contributed by atoms with van der Waals surface area (Å²) in [5.41, 5.74) is 2.63. The maximum absolute atomic E-state index is 6.08. The normalized spacial score (nSPS) is 18.7. The molecular weight excluding hydrogens is 366 g/mol. The zero-order chi connectivity index (χ0) is 20.4. The van der Waals surface area contributed by atoms with Crippen LogP contribution in [0.25, 0.3) is 11.0 Å². The van der Waals surface area contributed by atoms with Crippen molar-refractivity contribution in [3.63, 3.8) is 0 Å². The van der Waals surface area contributed by atoms with Crippen LogP contribution in [-0.4, -0.2) is 84.2 Å². The third-order valence-electron chi connectivity index (χ3n) is 5.27. The molecule has 154 valence electrons. The van der Waals surface area contributed by atoms with E-state index in [-0.39, 0.29) is 6.04 Å². The van der Waals surface area contributed by atoms with E-state index in [4.69, 9.17) is 9.72 Å². The Hall–Kier alpha value is -2.87. The van der Waals surface area contributed by atoms with Crippen molar-refractivity contribution in [3.05, 3.63) is 36.8 Å². The zero-order valence-electron chi connectivity index (χ0n) is 17.4. The van der Waals surface area contributed by atoms with Gasteiger partial charge in [-0.3, -0.25) is 0 Å². The van der Waals surface area contributed by atoms with Crippen LogP contribution in [-0.2, 0) is 0 Å². The van der Waals surface area contributed by atoms with Crippen LogP contribution >= 0.6 is 0 Å². The Bertz CT molecular complexity index is 927. The summed E-state index contributed by atoms with van der Waals surface area (Å²) in [5.74, 6) is 2.45. The average Bonchev–Trinajstić information content (AvgIpc) is 2.72. The van der Waals surface area contributed by atoms with Gasteiger partial charge in [0.15, 0.2) is 17.4 Å².